The molecule has 0 N–H and O–H groups in total. The number of carbonyl (C=O) groups excluding carboxylic acids is 1. The third kappa shape index (κ3) is 2.62. The molecular weight excluding hydrogens is 314 g/mol. The summed E-state index contributed by atoms with van der Waals surface area (Å²) < 4.78 is 5.77. The first-order valence-corrected chi connectivity index (χ1v) is 10.3. The van der Waals surface area contributed by atoms with Crippen molar-refractivity contribution in [3.05, 3.63) is 30.3 Å². The van der Waals surface area contributed by atoms with E-state index in [0.717, 1.165) is 18.6 Å². The maximum absolute atomic E-state index is 12.8. The molecule has 120 valence electrons. The van der Waals surface area contributed by atoms with Crippen molar-refractivity contribution < 1.29 is 9.53 Å². The fourth-order valence-corrected chi connectivity index (χ4v) is 5.79. The largest absolute Gasteiger partial charge is 0.476 e. The van der Waals surface area contributed by atoms with E-state index in [4.69, 9.17) is 4.74 Å². The third-order valence-electron chi connectivity index (χ3n) is 4.65. The van der Waals surface area contributed by atoms with Crippen LogP contribution in [-0.2, 0) is 4.79 Å². The average molecular weight is 338 g/mol. The van der Waals surface area contributed by atoms with Crippen LogP contribution in [0, 0.1) is 0 Å². The molecule has 1 saturated heterocycles. The van der Waals surface area contributed by atoms with E-state index < -0.39 is 0 Å². The number of benzene rings is 1. The van der Waals surface area contributed by atoms with Gasteiger partial charge in [0, 0.05) is 6.04 Å². The van der Waals surface area contributed by atoms with Crippen LogP contribution >= 0.6 is 23.5 Å². The Morgan fingerprint density at radius 2 is 1.73 bits per heavy atom. The predicted molar refractivity (Wildman–Crippen MR) is 94.3 cm³/mol. The van der Waals surface area contributed by atoms with E-state index in [-0.39, 0.29) is 16.2 Å². The molecule has 1 aromatic carbocycles. The SMILES string of the molecule is CSC1(SC)[C@@H](Oc2ccccc2)C(=O)N1C1CCCCC1. The lowest BCUT2D eigenvalue weighted by Gasteiger charge is -2.58. The van der Waals surface area contributed by atoms with Gasteiger partial charge in [-0.05, 0) is 37.5 Å². The van der Waals surface area contributed by atoms with Crippen molar-refractivity contribution in [3.63, 3.8) is 0 Å². The lowest BCUT2D eigenvalue weighted by Crippen LogP contribution is -2.75. The Labute approximate surface area is 141 Å². The zero-order chi connectivity index (χ0) is 15.6. The predicted octanol–water partition coefficient (Wildman–Crippen LogP) is 3.99. The van der Waals surface area contributed by atoms with Gasteiger partial charge in [0.2, 0.25) is 6.10 Å². The number of carbonyl (C=O) groups is 1. The summed E-state index contributed by atoms with van der Waals surface area (Å²) in [7, 11) is 0. The van der Waals surface area contributed by atoms with Gasteiger partial charge in [-0.25, -0.2) is 0 Å². The molecule has 1 amide bonds. The number of rotatable bonds is 5. The van der Waals surface area contributed by atoms with Crippen LogP contribution in [0.4, 0.5) is 0 Å². The normalized spacial score (nSPS) is 24.9. The highest BCUT2D eigenvalue weighted by atomic mass is 32.2. The molecule has 22 heavy (non-hydrogen) atoms. The lowest BCUT2D eigenvalue weighted by atomic mass is 9.91. The van der Waals surface area contributed by atoms with E-state index in [9.17, 15) is 4.79 Å². The molecule has 1 saturated carbocycles. The number of hydrogen-bond acceptors (Lipinski definition) is 4. The van der Waals surface area contributed by atoms with Gasteiger partial charge in [-0.1, -0.05) is 37.5 Å². The summed E-state index contributed by atoms with van der Waals surface area (Å²) in [6, 6.07) is 10.1. The number of nitrogens with zero attached hydrogens (tertiary/aromatic N) is 1. The van der Waals surface area contributed by atoms with Crippen molar-refractivity contribution in [3.8, 4) is 5.75 Å². The van der Waals surface area contributed by atoms with Gasteiger partial charge < -0.3 is 9.64 Å². The summed E-state index contributed by atoms with van der Waals surface area (Å²) in [6.07, 6.45) is 9.81. The van der Waals surface area contributed by atoms with E-state index >= 15 is 0 Å². The fourth-order valence-electron chi connectivity index (χ4n) is 3.52. The molecule has 1 aromatic rings. The molecule has 0 radical (unpaired) electrons. The first-order chi connectivity index (χ1) is 10.7. The maximum Gasteiger partial charge on any atom is 0.270 e. The molecule has 2 fully saturated rings. The summed E-state index contributed by atoms with van der Waals surface area (Å²) >= 11 is 3.47. The Morgan fingerprint density at radius 1 is 1.09 bits per heavy atom. The number of likely N-dealkylation sites (tertiary alicyclic amines) is 1. The first kappa shape index (κ1) is 16.1. The van der Waals surface area contributed by atoms with Gasteiger partial charge in [0.15, 0.2) is 4.20 Å². The van der Waals surface area contributed by atoms with E-state index in [1.807, 2.05) is 30.3 Å². The number of hydrogen-bond donors (Lipinski definition) is 0. The van der Waals surface area contributed by atoms with Gasteiger partial charge in [0.25, 0.3) is 5.91 Å². The molecule has 1 aliphatic heterocycles. The summed E-state index contributed by atoms with van der Waals surface area (Å²) in [5.74, 6) is 0.927. The molecule has 3 rings (SSSR count). The molecule has 0 aromatic heterocycles. The second-order valence-corrected chi connectivity index (χ2v) is 8.17. The van der Waals surface area contributed by atoms with E-state index in [1.165, 1.54) is 19.3 Å². The van der Waals surface area contributed by atoms with Crippen molar-refractivity contribution in [1.29, 1.82) is 0 Å². The van der Waals surface area contributed by atoms with Crippen LogP contribution in [0.15, 0.2) is 30.3 Å². The molecule has 5 heteroatoms. The van der Waals surface area contributed by atoms with Crippen LogP contribution in [-0.4, -0.2) is 39.7 Å². The van der Waals surface area contributed by atoms with Gasteiger partial charge in [-0.15, -0.1) is 23.5 Å². The van der Waals surface area contributed by atoms with E-state index in [0.29, 0.717) is 6.04 Å². The van der Waals surface area contributed by atoms with Crippen molar-refractivity contribution in [1.82, 2.24) is 4.90 Å². The van der Waals surface area contributed by atoms with Gasteiger partial charge in [-0.3, -0.25) is 4.79 Å². The Hall–Kier alpha value is -0.810. The van der Waals surface area contributed by atoms with E-state index in [1.54, 1.807) is 23.5 Å². The monoisotopic (exact) mass is 337 g/mol. The minimum absolute atomic E-state index is 0.152. The van der Waals surface area contributed by atoms with Crippen LogP contribution in [0.2, 0.25) is 0 Å². The van der Waals surface area contributed by atoms with Gasteiger partial charge in [0.05, 0.1) is 0 Å². The smallest absolute Gasteiger partial charge is 0.270 e. The summed E-state index contributed by atoms with van der Waals surface area (Å²) in [4.78, 5) is 14.9. The van der Waals surface area contributed by atoms with Gasteiger partial charge in [-0.2, -0.15) is 0 Å². The number of β-lactam (4-membered cyclic amide) rings is 1. The molecule has 0 unspecified atom stereocenters. The minimum Gasteiger partial charge on any atom is -0.476 e. The molecular formula is C17H23NO2S2. The van der Waals surface area contributed by atoms with Crippen LogP contribution in [0.25, 0.3) is 0 Å². The number of ether oxygens (including phenoxy) is 1. The molecule has 1 heterocycles. The van der Waals surface area contributed by atoms with Crippen molar-refractivity contribution in [2.45, 2.75) is 48.5 Å². The molecule has 3 nitrogen and oxygen atoms in total. The fraction of sp³-hybridized carbons (Fsp3) is 0.588. The standard InChI is InChI=1S/C17H23NO2S2/c1-21-17(22-2)15(20-14-11-7-4-8-12-14)16(19)18(17)13-9-5-3-6-10-13/h4,7-8,11-13,15H,3,5-6,9-10H2,1-2H3/t15-/m0/s1. The molecule has 0 bridgehead atoms. The summed E-state index contributed by atoms with van der Waals surface area (Å²) in [6.45, 7) is 0. The second kappa shape index (κ2) is 6.75. The average Bonchev–Trinajstić information content (AvgIpc) is 2.59. The third-order valence-corrected chi connectivity index (χ3v) is 7.64. The van der Waals surface area contributed by atoms with Crippen molar-refractivity contribution >= 4 is 29.4 Å². The van der Waals surface area contributed by atoms with E-state index in [2.05, 4.69) is 17.4 Å². The molecule has 2 aliphatic rings. The van der Waals surface area contributed by atoms with Crippen molar-refractivity contribution in [2.75, 3.05) is 12.5 Å². The van der Waals surface area contributed by atoms with Crippen LogP contribution in [0.1, 0.15) is 32.1 Å². The number of para-hydroxylation sites is 1. The Morgan fingerprint density at radius 3 is 2.32 bits per heavy atom. The van der Waals surface area contributed by atoms with Crippen LogP contribution in [0.5, 0.6) is 5.75 Å². The second-order valence-electron chi connectivity index (χ2n) is 5.85. The lowest BCUT2D eigenvalue weighted by molar-refractivity contribution is -0.164. The Balaban J connectivity index is 1.80. The summed E-state index contributed by atoms with van der Waals surface area (Å²) in [5, 5.41) is 0. The number of amides is 1. The maximum atomic E-state index is 12.8. The highest BCUT2D eigenvalue weighted by Gasteiger charge is 2.63. The molecule has 0 spiro atoms. The molecule has 1 atom stereocenters. The van der Waals surface area contributed by atoms with Crippen molar-refractivity contribution in [2.24, 2.45) is 0 Å². The quantitative estimate of drug-likeness (QED) is 0.600. The molecule has 1 aliphatic carbocycles. The van der Waals surface area contributed by atoms with Gasteiger partial charge in [0.1, 0.15) is 5.75 Å². The van der Waals surface area contributed by atoms with Crippen LogP contribution in [0.3, 0.4) is 0 Å². The topological polar surface area (TPSA) is 29.5 Å². The minimum atomic E-state index is -0.387. The zero-order valence-corrected chi connectivity index (χ0v) is 14.8. The van der Waals surface area contributed by atoms with Gasteiger partial charge >= 0.3 is 0 Å². The zero-order valence-electron chi connectivity index (χ0n) is 13.2. The highest BCUT2D eigenvalue weighted by molar-refractivity contribution is 8.17. The first-order valence-electron chi connectivity index (χ1n) is 7.88. The Kier molecular flexibility index (Phi) is 4.93. The van der Waals surface area contributed by atoms with Crippen LogP contribution < -0.4 is 4.74 Å². The Bertz CT molecular complexity index is 513. The summed E-state index contributed by atoms with van der Waals surface area (Å²) in [5.41, 5.74) is 0. The highest BCUT2D eigenvalue weighted by Crippen LogP contribution is 2.52. The number of thioether (sulfide) groups is 2.